The average Bonchev–Trinajstić information content (AvgIpc) is 2.86. The summed E-state index contributed by atoms with van der Waals surface area (Å²) in [5.41, 5.74) is 3.62. The first-order valence-electron chi connectivity index (χ1n) is 9.32. The van der Waals surface area contributed by atoms with Crippen LogP contribution in [0.5, 0.6) is 0 Å². The summed E-state index contributed by atoms with van der Waals surface area (Å²) in [5.74, 6) is -0.257. The molecule has 156 valence electrons. The number of aliphatic imine (C=N–C) groups is 1. The highest BCUT2D eigenvalue weighted by molar-refractivity contribution is 7.80. The Hall–Kier alpha value is -3.00. The minimum atomic E-state index is -0.938. The van der Waals surface area contributed by atoms with Gasteiger partial charge < -0.3 is 15.5 Å². The van der Waals surface area contributed by atoms with Crippen molar-refractivity contribution in [3.63, 3.8) is 0 Å². The van der Waals surface area contributed by atoms with E-state index in [1.807, 2.05) is 42.5 Å². The lowest BCUT2D eigenvalue weighted by molar-refractivity contribution is -0.119. The number of carbonyl (C=O) groups is 1. The molecule has 1 atom stereocenters. The molecule has 3 aromatic rings. The zero-order chi connectivity index (χ0) is 22.0. The van der Waals surface area contributed by atoms with Gasteiger partial charge in [0.25, 0.3) is 5.91 Å². The van der Waals surface area contributed by atoms with Crippen LogP contribution in [0.4, 0.5) is 11.4 Å². The molecular formula is C22H17Cl2N5OS. The summed E-state index contributed by atoms with van der Waals surface area (Å²) < 4.78 is 0. The third kappa shape index (κ3) is 4.69. The maximum Gasteiger partial charge on any atom is 0.272 e. The van der Waals surface area contributed by atoms with Crippen molar-refractivity contribution in [3.05, 3.63) is 88.2 Å². The quantitative estimate of drug-likeness (QED) is 0.436. The lowest BCUT2D eigenvalue weighted by Crippen LogP contribution is -2.47. The number of hydrogen-bond donors (Lipinski definition) is 2. The fraction of sp³-hybridized carbons (Fsp3) is 0.0909. The number of likely N-dealkylation sites (N-methyl/N-ethyl adjacent to an activating group) is 1. The van der Waals surface area contributed by atoms with Crippen molar-refractivity contribution in [2.24, 2.45) is 4.99 Å². The number of benzene rings is 2. The number of rotatable bonds is 3. The number of carbonyl (C=O) groups excluding carboxylic acids is 1. The molecule has 1 unspecified atom stereocenters. The number of thiocarbonyl (C=S) groups is 1. The third-order valence-electron chi connectivity index (χ3n) is 4.70. The predicted molar refractivity (Wildman–Crippen MR) is 129 cm³/mol. The van der Waals surface area contributed by atoms with E-state index in [2.05, 4.69) is 15.6 Å². The normalized spacial score (nSPS) is 15.6. The van der Waals surface area contributed by atoms with Gasteiger partial charge in [0.1, 0.15) is 5.15 Å². The van der Waals surface area contributed by atoms with Crippen LogP contribution in [0.25, 0.3) is 0 Å². The number of amides is 1. The van der Waals surface area contributed by atoms with Gasteiger partial charge in [-0.1, -0.05) is 53.5 Å². The van der Waals surface area contributed by atoms with Crippen molar-refractivity contribution in [3.8, 4) is 0 Å². The summed E-state index contributed by atoms with van der Waals surface area (Å²) in [7, 11) is 1.70. The largest absolute Gasteiger partial charge is 0.333 e. The van der Waals surface area contributed by atoms with E-state index < -0.39 is 6.17 Å². The van der Waals surface area contributed by atoms with Crippen LogP contribution in [-0.4, -0.2) is 34.9 Å². The van der Waals surface area contributed by atoms with E-state index in [9.17, 15) is 4.79 Å². The fourth-order valence-electron chi connectivity index (χ4n) is 3.21. The number of pyridine rings is 1. The molecule has 2 aromatic carbocycles. The minimum absolute atomic E-state index is 0.232. The van der Waals surface area contributed by atoms with Crippen molar-refractivity contribution in [1.29, 1.82) is 0 Å². The highest BCUT2D eigenvalue weighted by atomic mass is 35.5. The van der Waals surface area contributed by atoms with E-state index >= 15 is 0 Å². The number of anilines is 2. The van der Waals surface area contributed by atoms with E-state index in [1.165, 1.54) is 0 Å². The summed E-state index contributed by atoms with van der Waals surface area (Å²) in [6.45, 7) is 0. The Morgan fingerprint density at radius 3 is 2.58 bits per heavy atom. The molecule has 0 aliphatic carbocycles. The number of nitrogens with one attached hydrogen (secondary N) is 2. The first-order chi connectivity index (χ1) is 14.9. The van der Waals surface area contributed by atoms with Crippen LogP contribution in [0.15, 0.2) is 71.9 Å². The van der Waals surface area contributed by atoms with Crippen molar-refractivity contribution in [2.75, 3.05) is 17.3 Å². The lowest BCUT2D eigenvalue weighted by Gasteiger charge is -2.22. The van der Waals surface area contributed by atoms with Crippen LogP contribution in [0.2, 0.25) is 10.2 Å². The van der Waals surface area contributed by atoms with Gasteiger partial charge in [-0.2, -0.15) is 0 Å². The Labute approximate surface area is 194 Å². The van der Waals surface area contributed by atoms with Gasteiger partial charge >= 0.3 is 0 Å². The van der Waals surface area contributed by atoms with Crippen molar-refractivity contribution >= 4 is 63.5 Å². The molecule has 2 heterocycles. The van der Waals surface area contributed by atoms with Gasteiger partial charge in [0.2, 0.25) is 6.17 Å². The molecule has 6 nitrogen and oxygen atoms in total. The van der Waals surface area contributed by atoms with Crippen LogP contribution in [0.1, 0.15) is 11.1 Å². The number of nitrogens with zero attached hydrogens (tertiary/aromatic N) is 3. The summed E-state index contributed by atoms with van der Waals surface area (Å²) in [6, 6.07) is 18.4. The third-order valence-corrected chi connectivity index (χ3v) is 5.38. The molecule has 2 N–H and O–H groups in total. The molecule has 9 heteroatoms. The minimum Gasteiger partial charge on any atom is -0.333 e. The molecule has 0 fully saturated rings. The molecule has 0 saturated carbocycles. The van der Waals surface area contributed by atoms with Crippen LogP contribution in [0.3, 0.4) is 0 Å². The van der Waals surface area contributed by atoms with Crippen molar-refractivity contribution in [2.45, 2.75) is 6.17 Å². The van der Waals surface area contributed by atoms with Crippen LogP contribution in [0, 0.1) is 0 Å². The van der Waals surface area contributed by atoms with E-state index in [0.29, 0.717) is 27.3 Å². The molecule has 0 saturated heterocycles. The summed E-state index contributed by atoms with van der Waals surface area (Å²) >= 11 is 17.5. The number of aromatic nitrogens is 1. The number of benzodiazepines with no additional fused rings is 1. The SMILES string of the molecule is CN1C(=O)C(NC(=S)Nc2ccc(Cl)nc2)N=C(c2ccccc2)c2cc(Cl)ccc21. The Bertz CT molecular complexity index is 1170. The van der Waals surface area contributed by atoms with E-state index in [-0.39, 0.29) is 11.0 Å². The van der Waals surface area contributed by atoms with Crippen LogP contribution >= 0.6 is 35.4 Å². The zero-order valence-corrected chi connectivity index (χ0v) is 18.7. The first-order valence-corrected chi connectivity index (χ1v) is 10.5. The molecule has 1 aliphatic heterocycles. The maximum absolute atomic E-state index is 13.2. The van der Waals surface area contributed by atoms with Gasteiger partial charge in [0.05, 0.1) is 23.3 Å². The monoisotopic (exact) mass is 469 g/mol. The highest BCUT2D eigenvalue weighted by Crippen LogP contribution is 2.29. The van der Waals surface area contributed by atoms with Crippen LogP contribution < -0.4 is 15.5 Å². The molecule has 1 aliphatic rings. The highest BCUT2D eigenvalue weighted by Gasteiger charge is 2.30. The van der Waals surface area contributed by atoms with E-state index in [4.69, 9.17) is 40.4 Å². The summed E-state index contributed by atoms with van der Waals surface area (Å²) in [6.07, 6.45) is 0.611. The second kappa shape index (κ2) is 9.01. The topological polar surface area (TPSA) is 69.6 Å². The molecule has 0 radical (unpaired) electrons. The second-order valence-corrected chi connectivity index (χ2v) is 8.00. The second-order valence-electron chi connectivity index (χ2n) is 6.77. The smallest absolute Gasteiger partial charge is 0.272 e. The number of fused-ring (bicyclic) bond motifs is 1. The predicted octanol–water partition coefficient (Wildman–Crippen LogP) is 4.51. The van der Waals surface area contributed by atoms with Crippen LogP contribution in [-0.2, 0) is 4.79 Å². The molecule has 0 spiro atoms. The summed E-state index contributed by atoms with van der Waals surface area (Å²) in [4.78, 5) is 23.5. The average molecular weight is 470 g/mol. The fourth-order valence-corrected chi connectivity index (χ4v) is 3.72. The summed E-state index contributed by atoms with van der Waals surface area (Å²) in [5, 5.41) is 7.16. The maximum atomic E-state index is 13.2. The number of hydrogen-bond acceptors (Lipinski definition) is 4. The van der Waals surface area contributed by atoms with E-state index in [1.54, 1.807) is 36.3 Å². The van der Waals surface area contributed by atoms with Gasteiger partial charge in [-0.25, -0.2) is 9.98 Å². The van der Waals surface area contributed by atoms with Gasteiger partial charge in [-0.3, -0.25) is 4.79 Å². The molecule has 4 rings (SSSR count). The lowest BCUT2D eigenvalue weighted by atomic mass is 10.0. The standard InChI is InChI=1S/C22H17Cl2N5OS/c1-29-17-9-7-14(23)11-16(17)19(13-5-3-2-4-6-13)27-20(21(29)30)28-22(31)26-15-8-10-18(24)25-12-15/h2-12,20H,1H3,(H2,26,28,31). The molecular weight excluding hydrogens is 453 g/mol. The number of halogens is 2. The van der Waals surface area contributed by atoms with Crippen molar-refractivity contribution in [1.82, 2.24) is 10.3 Å². The zero-order valence-electron chi connectivity index (χ0n) is 16.3. The Morgan fingerprint density at radius 1 is 1.10 bits per heavy atom. The Balaban J connectivity index is 1.70. The molecule has 1 aromatic heterocycles. The van der Waals surface area contributed by atoms with Gasteiger partial charge in [0, 0.05) is 23.2 Å². The first kappa shape index (κ1) is 21.2. The van der Waals surface area contributed by atoms with Crippen molar-refractivity contribution < 1.29 is 4.79 Å². The van der Waals surface area contributed by atoms with Gasteiger partial charge in [-0.15, -0.1) is 0 Å². The Morgan fingerprint density at radius 2 is 1.87 bits per heavy atom. The van der Waals surface area contributed by atoms with Gasteiger partial charge in [0.15, 0.2) is 5.11 Å². The van der Waals surface area contributed by atoms with Gasteiger partial charge in [-0.05, 0) is 42.5 Å². The van der Waals surface area contributed by atoms with E-state index in [0.717, 1.165) is 11.1 Å². The Kier molecular flexibility index (Phi) is 6.18. The molecule has 31 heavy (non-hydrogen) atoms. The molecule has 1 amide bonds. The molecule has 0 bridgehead atoms.